The molecule has 0 spiro atoms. The lowest BCUT2D eigenvalue weighted by molar-refractivity contribution is 0.0987. The highest BCUT2D eigenvalue weighted by Gasteiger charge is 2.18. The summed E-state index contributed by atoms with van der Waals surface area (Å²) in [5.41, 5.74) is -0.328. The van der Waals surface area contributed by atoms with E-state index in [0.29, 0.717) is 0 Å². The molecule has 0 aliphatic rings. The maximum Gasteiger partial charge on any atom is 0.175 e. The molecule has 0 unspecified atom stereocenters. The molecular weight excluding hydrogens is 269 g/mol. The highest BCUT2D eigenvalue weighted by molar-refractivity contribution is 5.98. The Morgan fingerprint density at radius 1 is 1.05 bits per heavy atom. The number of ether oxygens (including phenoxy) is 1. The molecule has 2 nitrogen and oxygen atoms in total. The van der Waals surface area contributed by atoms with E-state index in [2.05, 4.69) is 0 Å². The minimum atomic E-state index is -1.09. The number of hydrogen-bond donors (Lipinski definition) is 0. The zero-order chi connectivity index (χ0) is 14.7. The standard InChI is InChI=1S/C15H11F3O2/c1-20-13-7-3-5-10(15(13)18)12(19)8-9-4-2-6-11(16)14(9)17/h2-7H,8H2,1H3. The fourth-order valence-electron chi connectivity index (χ4n) is 1.84. The highest BCUT2D eigenvalue weighted by Crippen LogP contribution is 2.22. The largest absolute Gasteiger partial charge is 0.494 e. The van der Waals surface area contributed by atoms with E-state index in [0.717, 1.165) is 6.07 Å². The van der Waals surface area contributed by atoms with Gasteiger partial charge in [-0.1, -0.05) is 18.2 Å². The SMILES string of the molecule is COc1cccc(C(=O)Cc2cccc(F)c2F)c1F. The van der Waals surface area contributed by atoms with E-state index in [-0.39, 0.29) is 16.9 Å². The zero-order valence-electron chi connectivity index (χ0n) is 10.6. The lowest BCUT2D eigenvalue weighted by Crippen LogP contribution is -2.09. The van der Waals surface area contributed by atoms with Crippen LogP contribution in [0.5, 0.6) is 5.75 Å². The maximum absolute atomic E-state index is 13.9. The van der Waals surface area contributed by atoms with Crippen LogP contribution in [-0.4, -0.2) is 12.9 Å². The molecular formula is C15H11F3O2. The molecule has 2 rings (SSSR count). The van der Waals surface area contributed by atoms with E-state index in [9.17, 15) is 18.0 Å². The van der Waals surface area contributed by atoms with E-state index in [1.807, 2.05) is 0 Å². The Kier molecular flexibility index (Phi) is 4.08. The van der Waals surface area contributed by atoms with Gasteiger partial charge in [-0.2, -0.15) is 0 Å². The van der Waals surface area contributed by atoms with Gasteiger partial charge in [0, 0.05) is 6.42 Å². The Morgan fingerprint density at radius 3 is 2.45 bits per heavy atom. The molecule has 0 saturated heterocycles. The van der Waals surface area contributed by atoms with Crippen molar-refractivity contribution in [3.63, 3.8) is 0 Å². The van der Waals surface area contributed by atoms with Crippen LogP contribution in [0, 0.1) is 17.5 Å². The average Bonchev–Trinajstić information content (AvgIpc) is 2.44. The monoisotopic (exact) mass is 280 g/mol. The molecule has 0 aliphatic heterocycles. The lowest BCUT2D eigenvalue weighted by atomic mass is 10.0. The van der Waals surface area contributed by atoms with Gasteiger partial charge in [0.05, 0.1) is 12.7 Å². The van der Waals surface area contributed by atoms with E-state index < -0.39 is 29.7 Å². The Morgan fingerprint density at radius 2 is 1.75 bits per heavy atom. The van der Waals surface area contributed by atoms with E-state index in [4.69, 9.17) is 4.74 Å². The average molecular weight is 280 g/mol. The van der Waals surface area contributed by atoms with Crippen molar-refractivity contribution in [1.29, 1.82) is 0 Å². The van der Waals surface area contributed by atoms with Crippen LogP contribution in [0.15, 0.2) is 36.4 Å². The van der Waals surface area contributed by atoms with Gasteiger partial charge >= 0.3 is 0 Å². The van der Waals surface area contributed by atoms with Crippen molar-refractivity contribution in [2.24, 2.45) is 0 Å². The fourth-order valence-corrected chi connectivity index (χ4v) is 1.84. The number of ketones is 1. The molecule has 0 radical (unpaired) electrons. The molecule has 2 aromatic carbocycles. The molecule has 0 bridgehead atoms. The van der Waals surface area contributed by atoms with Crippen LogP contribution in [-0.2, 0) is 6.42 Å². The molecule has 0 heterocycles. The summed E-state index contributed by atoms with van der Waals surface area (Å²) < 4.78 is 45.2. The number of hydrogen-bond acceptors (Lipinski definition) is 2. The van der Waals surface area contributed by atoms with E-state index >= 15 is 0 Å². The Balaban J connectivity index is 2.31. The number of halogens is 3. The van der Waals surface area contributed by atoms with Crippen LogP contribution < -0.4 is 4.74 Å². The summed E-state index contributed by atoms with van der Waals surface area (Å²) in [6, 6.07) is 7.64. The second-order valence-electron chi connectivity index (χ2n) is 4.13. The minimum absolute atomic E-state index is 0.0736. The van der Waals surface area contributed by atoms with Gasteiger partial charge in [-0.15, -0.1) is 0 Å². The summed E-state index contributed by atoms with van der Waals surface area (Å²) in [6.45, 7) is 0. The van der Waals surface area contributed by atoms with Crippen LogP contribution in [0.2, 0.25) is 0 Å². The first-order chi connectivity index (χ1) is 9.54. The normalized spacial score (nSPS) is 10.4. The topological polar surface area (TPSA) is 26.3 Å². The molecule has 0 aromatic heterocycles. The molecule has 2 aromatic rings. The van der Waals surface area contributed by atoms with Crippen molar-refractivity contribution in [3.8, 4) is 5.75 Å². The Labute approximate surface area is 113 Å². The van der Waals surface area contributed by atoms with Crippen molar-refractivity contribution >= 4 is 5.78 Å². The quantitative estimate of drug-likeness (QED) is 0.801. The van der Waals surface area contributed by atoms with Crippen LogP contribution >= 0.6 is 0 Å². The number of carbonyl (C=O) groups is 1. The maximum atomic E-state index is 13.9. The fraction of sp³-hybridized carbons (Fsp3) is 0.133. The number of carbonyl (C=O) groups excluding carboxylic acids is 1. The van der Waals surface area contributed by atoms with Crippen LogP contribution in [0.3, 0.4) is 0 Å². The van der Waals surface area contributed by atoms with Crippen LogP contribution in [0.25, 0.3) is 0 Å². The van der Waals surface area contributed by atoms with Gasteiger partial charge in [0.2, 0.25) is 0 Å². The van der Waals surface area contributed by atoms with Crippen molar-refractivity contribution < 1.29 is 22.7 Å². The summed E-state index contributed by atoms with van der Waals surface area (Å²) in [6.07, 6.45) is -0.423. The van der Waals surface area contributed by atoms with E-state index in [1.165, 1.54) is 37.4 Å². The van der Waals surface area contributed by atoms with Crippen molar-refractivity contribution in [1.82, 2.24) is 0 Å². The molecule has 0 aliphatic carbocycles. The molecule has 0 atom stereocenters. The smallest absolute Gasteiger partial charge is 0.175 e. The third kappa shape index (κ3) is 2.66. The summed E-state index contributed by atoms with van der Waals surface area (Å²) in [5.74, 6) is -3.66. The zero-order valence-corrected chi connectivity index (χ0v) is 10.6. The van der Waals surface area contributed by atoms with Crippen LogP contribution in [0.4, 0.5) is 13.2 Å². The minimum Gasteiger partial charge on any atom is -0.494 e. The third-order valence-corrected chi connectivity index (χ3v) is 2.87. The van der Waals surface area contributed by atoms with Crippen molar-refractivity contribution in [2.75, 3.05) is 7.11 Å². The molecule has 0 N–H and O–H groups in total. The molecule has 20 heavy (non-hydrogen) atoms. The second kappa shape index (κ2) is 5.77. The first-order valence-electron chi connectivity index (χ1n) is 5.83. The van der Waals surface area contributed by atoms with Gasteiger partial charge in [0.1, 0.15) is 0 Å². The highest BCUT2D eigenvalue weighted by atomic mass is 19.2. The lowest BCUT2D eigenvalue weighted by Gasteiger charge is -2.07. The molecule has 5 heteroatoms. The van der Waals surface area contributed by atoms with Gasteiger partial charge < -0.3 is 4.74 Å². The summed E-state index contributed by atoms with van der Waals surface area (Å²) >= 11 is 0. The number of methoxy groups -OCH3 is 1. The molecule has 0 fully saturated rings. The van der Waals surface area contributed by atoms with Crippen LogP contribution in [0.1, 0.15) is 15.9 Å². The number of Topliss-reactive ketones (excluding diaryl/α,β-unsaturated/α-hetero) is 1. The predicted octanol–water partition coefficient (Wildman–Crippen LogP) is 3.54. The van der Waals surface area contributed by atoms with Crippen molar-refractivity contribution in [3.05, 3.63) is 65.0 Å². The van der Waals surface area contributed by atoms with Gasteiger partial charge in [0.15, 0.2) is 29.0 Å². The van der Waals surface area contributed by atoms with E-state index in [1.54, 1.807) is 0 Å². The summed E-state index contributed by atoms with van der Waals surface area (Å²) in [5, 5.41) is 0. The summed E-state index contributed by atoms with van der Waals surface area (Å²) in [4.78, 5) is 12.0. The first kappa shape index (κ1) is 14.1. The second-order valence-corrected chi connectivity index (χ2v) is 4.13. The first-order valence-corrected chi connectivity index (χ1v) is 5.83. The summed E-state index contributed by atoms with van der Waals surface area (Å²) in [7, 11) is 1.28. The van der Waals surface area contributed by atoms with Gasteiger partial charge in [0.25, 0.3) is 0 Å². The number of rotatable bonds is 4. The predicted molar refractivity (Wildman–Crippen MR) is 67.3 cm³/mol. The van der Waals surface area contributed by atoms with Gasteiger partial charge in [-0.3, -0.25) is 4.79 Å². The Hall–Kier alpha value is -2.30. The van der Waals surface area contributed by atoms with Crippen molar-refractivity contribution in [2.45, 2.75) is 6.42 Å². The Bertz CT molecular complexity index is 654. The van der Waals surface area contributed by atoms with Gasteiger partial charge in [-0.05, 0) is 23.8 Å². The molecule has 0 amide bonds. The molecule has 104 valence electrons. The number of benzene rings is 2. The van der Waals surface area contributed by atoms with Gasteiger partial charge in [-0.25, -0.2) is 13.2 Å². The third-order valence-electron chi connectivity index (χ3n) is 2.87. The molecule has 0 saturated carbocycles.